The van der Waals surface area contributed by atoms with Crippen LogP contribution in [0.15, 0.2) is 36.7 Å². The molecule has 0 bridgehead atoms. The van der Waals surface area contributed by atoms with E-state index in [4.69, 9.17) is 23.2 Å². The Labute approximate surface area is 130 Å². The van der Waals surface area contributed by atoms with Crippen molar-refractivity contribution in [1.82, 2.24) is 9.88 Å². The fraction of sp³-hybridized carbons (Fsp3) is 0.375. The Kier molecular flexibility index (Phi) is 5.53. The minimum atomic E-state index is 0.359. The minimum absolute atomic E-state index is 0.359. The van der Waals surface area contributed by atoms with Crippen molar-refractivity contribution < 1.29 is 0 Å². The van der Waals surface area contributed by atoms with Crippen molar-refractivity contribution in [2.24, 2.45) is 0 Å². The molecule has 0 aliphatic carbocycles. The molecule has 20 heavy (non-hydrogen) atoms. The van der Waals surface area contributed by atoms with Gasteiger partial charge in [-0.05, 0) is 43.7 Å². The lowest BCUT2D eigenvalue weighted by Gasteiger charge is -2.11. The van der Waals surface area contributed by atoms with Gasteiger partial charge in [0, 0.05) is 40.6 Å². The molecule has 0 radical (unpaired) electrons. The Morgan fingerprint density at radius 3 is 2.55 bits per heavy atom. The fourth-order valence-corrected chi connectivity index (χ4v) is 2.68. The Morgan fingerprint density at radius 1 is 1.20 bits per heavy atom. The first-order valence-corrected chi connectivity index (χ1v) is 7.69. The summed E-state index contributed by atoms with van der Waals surface area (Å²) in [6.07, 6.45) is 5.35. The number of hydrogen-bond acceptors (Lipinski definition) is 1. The molecule has 4 heteroatoms. The SMILES string of the molecule is CCCNC(C)c1ccn(Cc2c(Cl)cccc2Cl)c1. The summed E-state index contributed by atoms with van der Waals surface area (Å²) in [5.74, 6) is 0. The summed E-state index contributed by atoms with van der Waals surface area (Å²) in [5, 5.41) is 4.91. The number of benzene rings is 1. The molecule has 0 spiro atoms. The van der Waals surface area contributed by atoms with Gasteiger partial charge in [-0.15, -0.1) is 0 Å². The Morgan fingerprint density at radius 2 is 1.90 bits per heavy atom. The maximum absolute atomic E-state index is 6.21. The van der Waals surface area contributed by atoms with E-state index in [9.17, 15) is 0 Å². The van der Waals surface area contributed by atoms with Crippen LogP contribution in [0.3, 0.4) is 0 Å². The van der Waals surface area contributed by atoms with Crippen molar-refractivity contribution in [2.75, 3.05) is 6.54 Å². The van der Waals surface area contributed by atoms with E-state index >= 15 is 0 Å². The molecule has 0 aliphatic heterocycles. The number of hydrogen-bond donors (Lipinski definition) is 1. The van der Waals surface area contributed by atoms with Crippen LogP contribution in [0.4, 0.5) is 0 Å². The lowest BCUT2D eigenvalue weighted by atomic mass is 10.2. The average Bonchev–Trinajstić information content (AvgIpc) is 2.89. The van der Waals surface area contributed by atoms with Crippen molar-refractivity contribution in [3.05, 3.63) is 57.8 Å². The number of nitrogens with one attached hydrogen (secondary N) is 1. The summed E-state index contributed by atoms with van der Waals surface area (Å²) < 4.78 is 2.12. The van der Waals surface area contributed by atoms with Gasteiger partial charge in [-0.2, -0.15) is 0 Å². The zero-order chi connectivity index (χ0) is 14.5. The first-order chi connectivity index (χ1) is 9.61. The molecule has 0 aliphatic rings. The summed E-state index contributed by atoms with van der Waals surface area (Å²) in [4.78, 5) is 0. The third-order valence-corrected chi connectivity index (χ3v) is 4.08. The van der Waals surface area contributed by atoms with E-state index in [2.05, 4.69) is 42.2 Å². The molecule has 0 fully saturated rings. The van der Waals surface area contributed by atoms with Crippen molar-refractivity contribution in [3.63, 3.8) is 0 Å². The third kappa shape index (κ3) is 3.78. The standard InChI is InChI=1S/C16H20Cl2N2/c1-3-8-19-12(2)13-7-9-20(10-13)11-14-15(17)5-4-6-16(14)18/h4-7,9-10,12,19H,3,8,11H2,1-2H3. The number of halogens is 2. The fourth-order valence-electron chi connectivity index (χ4n) is 2.16. The van der Waals surface area contributed by atoms with Crippen molar-refractivity contribution in [3.8, 4) is 0 Å². The van der Waals surface area contributed by atoms with Crippen molar-refractivity contribution in [2.45, 2.75) is 32.9 Å². The van der Waals surface area contributed by atoms with Gasteiger partial charge >= 0.3 is 0 Å². The van der Waals surface area contributed by atoms with Gasteiger partial charge in [-0.3, -0.25) is 0 Å². The quantitative estimate of drug-likeness (QED) is 0.802. The van der Waals surface area contributed by atoms with Crippen LogP contribution in [0.5, 0.6) is 0 Å². The first-order valence-electron chi connectivity index (χ1n) is 6.93. The molecule has 0 amide bonds. The highest BCUT2D eigenvalue weighted by atomic mass is 35.5. The topological polar surface area (TPSA) is 17.0 Å². The summed E-state index contributed by atoms with van der Waals surface area (Å²) in [5.41, 5.74) is 2.24. The predicted molar refractivity (Wildman–Crippen MR) is 86.7 cm³/mol. The molecule has 1 atom stereocenters. The lowest BCUT2D eigenvalue weighted by molar-refractivity contribution is 0.569. The number of aromatic nitrogens is 1. The van der Waals surface area contributed by atoms with Crippen LogP contribution in [0.25, 0.3) is 0 Å². The molecule has 2 aromatic rings. The van der Waals surface area contributed by atoms with Gasteiger partial charge in [0.15, 0.2) is 0 Å². The zero-order valence-electron chi connectivity index (χ0n) is 11.9. The lowest BCUT2D eigenvalue weighted by Crippen LogP contribution is -2.18. The maximum atomic E-state index is 6.21. The van der Waals surface area contributed by atoms with E-state index < -0.39 is 0 Å². The highest BCUT2D eigenvalue weighted by Gasteiger charge is 2.09. The molecular weight excluding hydrogens is 291 g/mol. The largest absolute Gasteiger partial charge is 0.349 e. The molecular formula is C16H20Cl2N2. The monoisotopic (exact) mass is 310 g/mol. The van der Waals surface area contributed by atoms with Crippen LogP contribution in [-0.4, -0.2) is 11.1 Å². The molecule has 2 nitrogen and oxygen atoms in total. The van der Waals surface area contributed by atoms with Gasteiger partial charge in [0.05, 0.1) is 0 Å². The summed E-state index contributed by atoms with van der Waals surface area (Å²) >= 11 is 12.4. The molecule has 1 aromatic heterocycles. The van der Waals surface area contributed by atoms with E-state index in [1.54, 1.807) is 0 Å². The van der Waals surface area contributed by atoms with Crippen LogP contribution >= 0.6 is 23.2 Å². The second kappa shape index (κ2) is 7.16. The highest BCUT2D eigenvalue weighted by molar-refractivity contribution is 6.35. The van der Waals surface area contributed by atoms with Crippen LogP contribution in [0, 0.1) is 0 Å². The second-order valence-corrected chi connectivity index (χ2v) is 5.81. The van der Waals surface area contributed by atoms with E-state index in [1.807, 2.05) is 18.2 Å². The normalized spacial score (nSPS) is 12.6. The number of nitrogens with zero attached hydrogens (tertiary/aromatic N) is 1. The molecule has 1 unspecified atom stereocenters. The summed E-state index contributed by atoms with van der Waals surface area (Å²) in [7, 11) is 0. The van der Waals surface area contributed by atoms with E-state index in [1.165, 1.54) is 5.56 Å². The van der Waals surface area contributed by atoms with Crippen molar-refractivity contribution >= 4 is 23.2 Å². The molecule has 2 rings (SSSR count). The Bertz CT molecular complexity index is 543. The Hall–Kier alpha value is -0.960. The molecule has 1 N–H and O–H groups in total. The molecule has 0 saturated heterocycles. The van der Waals surface area contributed by atoms with E-state index in [0.717, 1.165) is 18.5 Å². The van der Waals surface area contributed by atoms with Gasteiger partial charge in [0.1, 0.15) is 0 Å². The van der Waals surface area contributed by atoms with Gasteiger partial charge < -0.3 is 9.88 Å². The van der Waals surface area contributed by atoms with E-state index in [0.29, 0.717) is 22.6 Å². The van der Waals surface area contributed by atoms with Gasteiger partial charge in [-0.25, -0.2) is 0 Å². The van der Waals surface area contributed by atoms with Gasteiger partial charge in [0.25, 0.3) is 0 Å². The minimum Gasteiger partial charge on any atom is -0.349 e. The third-order valence-electron chi connectivity index (χ3n) is 3.38. The van der Waals surface area contributed by atoms with Gasteiger partial charge in [-0.1, -0.05) is 36.2 Å². The predicted octanol–water partition coefficient (Wildman–Crippen LogP) is 4.90. The maximum Gasteiger partial charge on any atom is 0.0499 e. The summed E-state index contributed by atoms with van der Waals surface area (Å²) in [6, 6.07) is 8.11. The molecule has 108 valence electrons. The highest BCUT2D eigenvalue weighted by Crippen LogP contribution is 2.25. The van der Waals surface area contributed by atoms with Crippen LogP contribution in [0.1, 0.15) is 37.4 Å². The molecule has 1 heterocycles. The molecule has 1 aromatic carbocycles. The zero-order valence-corrected chi connectivity index (χ0v) is 13.4. The van der Waals surface area contributed by atoms with Crippen LogP contribution in [-0.2, 0) is 6.54 Å². The Balaban J connectivity index is 2.10. The first kappa shape index (κ1) is 15.4. The second-order valence-electron chi connectivity index (χ2n) is 4.99. The van der Waals surface area contributed by atoms with Gasteiger partial charge in [0.2, 0.25) is 0 Å². The van der Waals surface area contributed by atoms with Crippen LogP contribution in [0.2, 0.25) is 10.0 Å². The smallest absolute Gasteiger partial charge is 0.0499 e. The average molecular weight is 311 g/mol. The van der Waals surface area contributed by atoms with E-state index in [-0.39, 0.29) is 0 Å². The van der Waals surface area contributed by atoms with Crippen LogP contribution < -0.4 is 5.32 Å². The molecule has 0 saturated carbocycles. The number of rotatable bonds is 6. The van der Waals surface area contributed by atoms with Crippen molar-refractivity contribution in [1.29, 1.82) is 0 Å². The summed E-state index contributed by atoms with van der Waals surface area (Å²) in [6.45, 7) is 6.07.